The molecule has 1 aliphatic carbocycles. The second-order valence-corrected chi connectivity index (χ2v) is 6.12. The van der Waals surface area contributed by atoms with E-state index in [1.165, 1.54) is 0 Å². The number of hydrogen-bond acceptors (Lipinski definition) is 3. The summed E-state index contributed by atoms with van der Waals surface area (Å²) in [6.07, 6.45) is 2.11. The summed E-state index contributed by atoms with van der Waals surface area (Å²) in [7, 11) is 0. The first-order valence-corrected chi connectivity index (χ1v) is 7.71. The molecule has 1 aliphatic rings. The fraction of sp³-hybridized carbons (Fsp3) is 0.188. The lowest BCUT2D eigenvalue weighted by atomic mass is 10.1. The van der Waals surface area contributed by atoms with Gasteiger partial charge in [-0.3, -0.25) is 4.79 Å². The van der Waals surface area contributed by atoms with Gasteiger partial charge in [-0.25, -0.2) is 0 Å². The van der Waals surface area contributed by atoms with E-state index in [0.717, 1.165) is 18.5 Å². The van der Waals surface area contributed by atoms with Crippen molar-refractivity contribution >= 4 is 46.2 Å². The smallest absolute Gasteiger partial charge is 0.251 e. The summed E-state index contributed by atoms with van der Waals surface area (Å²) >= 11 is 11.9. The van der Waals surface area contributed by atoms with Crippen LogP contribution in [0.25, 0.3) is 0 Å². The molecule has 114 valence electrons. The fourth-order valence-electron chi connectivity index (χ4n) is 2.04. The largest absolute Gasteiger partial charge is 0.397 e. The number of amides is 1. The highest BCUT2D eigenvalue weighted by atomic mass is 35.5. The highest BCUT2D eigenvalue weighted by Gasteiger charge is 2.23. The maximum absolute atomic E-state index is 12.0. The van der Waals surface area contributed by atoms with Gasteiger partial charge >= 0.3 is 0 Å². The number of halogens is 2. The molecule has 0 aliphatic heterocycles. The van der Waals surface area contributed by atoms with Crippen molar-refractivity contribution < 1.29 is 4.79 Å². The van der Waals surface area contributed by atoms with E-state index < -0.39 is 0 Å². The van der Waals surface area contributed by atoms with Gasteiger partial charge in [0.25, 0.3) is 5.91 Å². The molecule has 0 heterocycles. The lowest BCUT2D eigenvalue weighted by molar-refractivity contribution is 0.0951. The third-order valence-corrected chi connectivity index (χ3v) is 4.16. The van der Waals surface area contributed by atoms with Crippen LogP contribution in [0, 0.1) is 0 Å². The van der Waals surface area contributed by atoms with Crippen LogP contribution in [-0.2, 0) is 0 Å². The maximum atomic E-state index is 12.0. The molecule has 2 aromatic carbocycles. The highest BCUT2D eigenvalue weighted by Crippen LogP contribution is 2.29. The number of carbonyl (C=O) groups excluding carboxylic acids is 1. The molecule has 0 radical (unpaired) electrons. The molecule has 4 nitrogen and oxygen atoms in total. The standard InChI is InChI=1S/C16H15Cl2N3O/c17-12-5-4-11(8-13(12)18)20-15-6-1-9(7-14(15)19)16(22)21-10-2-3-10/h1,4-8,10,20H,2-3,19H2,(H,21,22). The van der Waals surface area contributed by atoms with E-state index in [2.05, 4.69) is 10.6 Å². The summed E-state index contributed by atoms with van der Waals surface area (Å²) in [5, 5.41) is 7.05. The minimum atomic E-state index is -0.0877. The van der Waals surface area contributed by atoms with E-state index >= 15 is 0 Å². The number of rotatable bonds is 4. The van der Waals surface area contributed by atoms with Gasteiger partial charge in [0.1, 0.15) is 0 Å². The molecule has 6 heteroatoms. The molecule has 0 saturated heterocycles. The van der Waals surface area contributed by atoms with Crippen LogP contribution in [0.15, 0.2) is 36.4 Å². The number of hydrogen-bond donors (Lipinski definition) is 3. The van der Waals surface area contributed by atoms with E-state index in [4.69, 9.17) is 28.9 Å². The molecule has 2 aromatic rings. The Bertz CT molecular complexity index is 729. The molecule has 4 N–H and O–H groups in total. The average molecular weight is 336 g/mol. The third-order valence-electron chi connectivity index (χ3n) is 3.42. The number of nitrogens with one attached hydrogen (secondary N) is 2. The van der Waals surface area contributed by atoms with Crippen molar-refractivity contribution in [3.05, 3.63) is 52.0 Å². The van der Waals surface area contributed by atoms with E-state index in [-0.39, 0.29) is 5.91 Å². The van der Waals surface area contributed by atoms with Crippen molar-refractivity contribution in [2.45, 2.75) is 18.9 Å². The molecule has 1 amide bonds. The van der Waals surface area contributed by atoms with Crippen LogP contribution in [0.5, 0.6) is 0 Å². The number of anilines is 3. The molecule has 1 saturated carbocycles. The summed E-state index contributed by atoms with van der Waals surface area (Å²) in [4.78, 5) is 12.0. The molecule has 22 heavy (non-hydrogen) atoms. The predicted molar refractivity (Wildman–Crippen MR) is 91.1 cm³/mol. The van der Waals surface area contributed by atoms with Crippen LogP contribution >= 0.6 is 23.2 Å². The van der Waals surface area contributed by atoms with Gasteiger partial charge in [-0.1, -0.05) is 23.2 Å². The Morgan fingerprint density at radius 1 is 1.09 bits per heavy atom. The highest BCUT2D eigenvalue weighted by molar-refractivity contribution is 6.42. The molecular formula is C16H15Cl2N3O. The Morgan fingerprint density at radius 3 is 2.50 bits per heavy atom. The topological polar surface area (TPSA) is 67.2 Å². The average Bonchev–Trinajstić information content (AvgIpc) is 3.29. The molecule has 0 spiro atoms. The van der Waals surface area contributed by atoms with Crippen LogP contribution in [-0.4, -0.2) is 11.9 Å². The number of benzene rings is 2. The molecule has 0 aromatic heterocycles. The number of carbonyl (C=O) groups is 1. The molecule has 0 bridgehead atoms. The lowest BCUT2D eigenvalue weighted by Gasteiger charge is -2.12. The van der Waals surface area contributed by atoms with Crippen molar-refractivity contribution in [3.8, 4) is 0 Å². The minimum Gasteiger partial charge on any atom is -0.397 e. The summed E-state index contributed by atoms with van der Waals surface area (Å²) in [6.45, 7) is 0. The van der Waals surface area contributed by atoms with E-state index in [0.29, 0.717) is 33.0 Å². The molecule has 0 atom stereocenters. The first-order chi connectivity index (χ1) is 10.5. The van der Waals surface area contributed by atoms with Gasteiger partial charge in [-0.05, 0) is 49.2 Å². The van der Waals surface area contributed by atoms with Crippen molar-refractivity contribution in [2.24, 2.45) is 0 Å². The first kappa shape index (κ1) is 15.0. The Hall–Kier alpha value is -1.91. The second-order valence-electron chi connectivity index (χ2n) is 5.30. The minimum absolute atomic E-state index is 0.0877. The molecule has 0 unspecified atom stereocenters. The van der Waals surface area contributed by atoms with E-state index in [9.17, 15) is 4.79 Å². The van der Waals surface area contributed by atoms with Gasteiger partial charge in [0.15, 0.2) is 0 Å². The predicted octanol–water partition coefficient (Wildman–Crippen LogP) is 4.21. The zero-order valence-corrected chi connectivity index (χ0v) is 13.2. The quantitative estimate of drug-likeness (QED) is 0.733. The van der Waals surface area contributed by atoms with Crippen molar-refractivity contribution in [3.63, 3.8) is 0 Å². The van der Waals surface area contributed by atoms with Crippen LogP contribution in [0.3, 0.4) is 0 Å². The maximum Gasteiger partial charge on any atom is 0.251 e. The van der Waals surface area contributed by atoms with E-state index in [1.807, 2.05) is 0 Å². The van der Waals surface area contributed by atoms with Crippen molar-refractivity contribution in [1.29, 1.82) is 0 Å². The summed E-state index contributed by atoms with van der Waals surface area (Å²) < 4.78 is 0. The van der Waals surface area contributed by atoms with Gasteiger partial charge in [0.2, 0.25) is 0 Å². The van der Waals surface area contributed by atoms with Gasteiger partial charge in [-0.15, -0.1) is 0 Å². The molecular weight excluding hydrogens is 321 g/mol. The SMILES string of the molecule is Nc1cc(C(=O)NC2CC2)ccc1Nc1ccc(Cl)c(Cl)c1. The van der Waals surface area contributed by atoms with Crippen LogP contribution in [0.2, 0.25) is 10.0 Å². The Balaban J connectivity index is 1.76. The zero-order chi connectivity index (χ0) is 15.7. The summed E-state index contributed by atoms with van der Waals surface area (Å²) in [5.41, 5.74) is 8.56. The van der Waals surface area contributed by atoms with Crippen molar-refractivity contribution in [1.82, 2.24) is 5.32 Å². The fourth-order valence-corrected chi connectivity index (χ4v) is 2.34. The van der Waals surface area contributed by atoms with Crippen LogP contribution < -0.4 is 16.4 Å². The van der Waals surface area contributed by atoms with Gasteiger partial charge in [0, 0.05) is 17.3 Å². The number of nitrogen functional groups attached to an aromatic ring is 1. The monoisotopic (exact) mass is 335 g/mol. The molecule has 1 fully saturated rings. The Morgan fingerprint density at radius 2 is 1.86 bits per heavy atom. The van der Waals surface area contributed by atoms with E-state index in [1.54, 1.807) is 36.4 Å². The third kappa shape index (κ3) is 3.46. The van der Waals surface area contributed by atoms with Gasteiger partial charge in [0.05, 0.1) is 21.4 Å². The van der Waals surface area contributed by atoms with Crippen molar-refractivity contribution in [2.75, 3.05) is 11.1 Å². The van der Waals surface area contributed by atoms with Gasteiger partial charge < -0.3 is 16.4 Å². The lowest BCUT2D eigenvalue weighted by Crippen LogP contribution is -2.25. The second kappa shape index (κ2) is 6.07. The van der Waals surface area contributed by atoms with Crippen LogP contribution in [0.1, 0.15) is 23.2 Å². The number of nitrogens with two attached hydrogens (primary N) is 1. The normalized spacial score (nSPS) is 13.7. The van der Waals surface area contributed by atoms with Crippen LogP contribution in [0.4, 0.5) is 17.1 Å². The summed E-state index contributed by atoms with van der Waals surface area (Å²) in [5.74, 6) is -0.0877. The van der Waals surface area contributed by atoms with Gasteiger partial charge in [-0.2, -0.15) is 0 Å². The zero-order valence-electron chi connectivity index (χ0n) is 11.7. The summed E-state index contributed by atoms with van der Waals surface area (Å²) in [6, 6.07) is 10.7. The molecule has 3 rings (SSSR count). The Labute approximate surface area is 138 Å². The first-order valence-electron chi connectivity index (χ1n) is 6.95. The Kier molecular flexibility index (Phi) is 4.14.